The minimum absolute atomic E-state index is 0.150. The number of nitrogens with one attached hydrogen (secondary N) is 1. The second kappa shape index (κ2) is 6.29. The lowest BCUT2D eigenvalue weighted by Crippen LogP contribution is -2.18. The molecule has 2 aromatic carbocycles. The molecule has 1 atom stereocenters. The van der Waals surface area contributed by atoms with E-state index in [0.29, 0.717) is 0 Å². The van der Waals surface area contributed by atoms with Crippen LogP contribution in [-0.4, -0.2) is 14.2 Å². The third kappa shape index (κ3) is 2.97. The third-order valence-corrected chi connectivity index (χ3v) is 4.00. The molecule has 0 aromatic heterocycles. The lowest BCUT2D eigenvalue weighted by Gasteiger charge is -2.21. The van der Waals surface area contributed by atoms with Crippen LogP contribution in [-0.2, 0) is 0 Å². The summed E-state index contributed by atoms with van der Waals surface area (Å²) in [7, 11) is 3.65. The van der Waals surface area contributed by atoms with Gasteiger partial charge in [0.2, 0.25) is 0 Å². The number of ether oxygens (including phenoxy) is 1. The van der Waals surface area contributed by atoms with Crippen LogP contribution in [0.2, 0.25) is 5.02 Å². The average molecular weight is 290 g/mol. The molecule has 0 aliphatic rings. The fourth-order valence-corrected chi connectivity index (χ4v) is 2.63. The van der Waals surface area contributed by atoms with Gasteiger partial charge < -0.3 is 10.1 Å². The molecule has 0 saturated heterocycles. The van der Waals surface area contributed by atoms with E-state index in [4.69, 9.17) is 16.3 Å². The van der Waals surface area contributed by atoms with Gasteiger partial charge in [0.1, 0.15) is 5.75 Å². The van der Waals surface area contributed by atoms with Crippen LogP contribution in [0.3, 0.4) is 0 Å². The normalized spacial score (nSPS) is 12.2. The largest absolute Gasteiger partial charge is 0.497 e. The number of methoxy groups -OCH3 is 1. The SMILES string of the molecule is CNC(c1ccc(OC)cc1)c1cc(C)c(Cl)cc1C. The molecular weight excluding hydrogens is 270 g/mol. The topological polar surface area (TPSA) is 21.3 Å². The standard InChI is InChI=1S/C17H20ClNO/c1-11-10-16(18)12(2)9-15(11)17(19-3)13-5-7-14(20-4)8-6-13/h5-10,17,19H,1-4H3. The van der Waals surface area contributed by atoms with Gasteiger partial charge in [0.15, 0.2) is 0 Å². The van der Waals surface area contributed by atoms with Gasteiger partial charge in [0.05, 0.1) is 13.2 Å². The van der Waals surface area contributed by atoms with Gasteiger partial charge in [-0.3, -0.25) is 0 Å². The van der Waals surface area contributed by atoms with Gasteiger partial charge in [-0.2, -0.15) is 0 Å². The fourth-order valence-electron chi connectivity index (χ4n) is 2.41. The lowest BCUT2D eigenvalue weighted by atomic mass is 9.93. The number of rotatable bonds is 4. The molecule has 20 heavy (non-hydrogen) atoms. The number of hydrogen-bond donors (Lipinski definition) is 1. The highest BCUT2D eigenvalue weighted by Crippen LogP contribution is 2.29. The van der Waals surface area contributed by atoms with Crippen molar-refractivity contribution in [3.63, 3.8) is 0 Å². The molecule has 1 N–H and O–H groups in total. The summed E-state index contributed by atoms with van der Waals surface area (Å²) in [6.45, 7) is 4.13. The summed E-state index contributed by atoms with van der Waals surface area (Å²) in [6.07, 6.45) is 0. The van der Waals surface area contributed by atoms with Crippen molar-refractivity contribution in [2.75, 3.05) is 14.2 Å². The number of hydrogen-bond acceptors (Lipinski definition) is 2. The van der Waals surface area contributed by atoms with Crippen LogP contribution in [0, 0.1) is 13.8 Å². The molecule has 0 heterocycles. The van der Waals surface area contributed by atoms with Crippen LogP contribution < -0.4 is 10.1 Å². The number of benzene rings is 2. The number of aryl methyl sites for hydroxylation is 2. The first kappa shape index (κ1) is 14.9. The first-order chi connectivity index (χ1) is 9.56. The van der Waals surface area contributed by atoms with Gasteiger partial charge in [-0.15, -0.1) is 0 Å². The van der Waals surface area contributed by atoms with Crippen molar-refractivity contribution < 1.29 is 4.74 Å². The molecule has 2 nitrogen and oxygen atoms in total. The van der Waals surface area contributed by atoms with E-state index in [1.54, 1.807) is 7.11 Å². The van der Waals surface area contributed by atoms with Crippen molar-refractivity contribution in [3.8, 4) is 5.75 Å². The first-order valence-corrected chi connectivity index (χ1v) is 7.02. The van der Waals surface area contributed by atoms with E-state index in [-0.39, 0.29) is 6.04 Å². The van der Waals surface area contributed by atoms with Crippen LogP contribution in [0.25, 0.3) is 0 Å². The van der Waals surface area contributed by atoms with Crippen molar-refractivity contribution in [1.29, 1.82) is 0 Å². The van der Waals surface area contributed by atoms with Gasteiger partial charge in [0.25, 0.3) is 0 Å². The maximum Gasteiger partial charge on any atom is 0.118 e. The zero-order valence-corrected chi connectivity index (χ0v) is 13.1. The molecule has 0 bridgehead atoms. The van der Waals surface area contributed by atoms with Gasteiger partial charge in [0, 0.05) is 5.02 Å². The highest BCUT2D eigenvalue weighted by atomic mass is 35.5. The van der Waals surface area contributed by atoms with Crippen LogP contribution in [0.5, 0.6) is 5.75 Å². The third-order valence-electron chi connectivity index (χ3n) is 3.60. The van der Waals surface area contributed by atoms with Crippen LogP contribution in [0.4, 0.5) is 0 Å². The van der Waals surface area contributed by atoms with Gasteiger partial charge in [-0.1, -0.05) is 29.8 Å². The molecular formula is C17H20ClNO. The Kier molecular flexibility index (Phi) is 4.69. The second-order valence-electron chi connectivity index (χ2n) is 4.95. The summed E-state index contributed by atoms with van der Waals surface area (Å²) in [5.41, 5.74) is 4.74. The van der Waals surface area contributed by atoms with E-state index in [1.807, 2.05) is 32.2 Å². The van der Waals surface area contributed by atoms with Crippen molar-refractivity contribution >= 4 is 11.6 Å². The Hall–Kier alpha value is -1.51. The molecule has 0 spiro atoms. The molecule has 0 fully saturated rings. The van der Waals surface area contributed by atoms with Crippen molar-refractivity contribution in [2.45, 2.75) is 19.9 Å². The zero-order valence-electron chi connectivity index (χ0n) is 12.3. The predicted octanol–water partition coefficient (Wildman–Crippen LogP) is 4.27. The summed E-state index contributed by atoms with van der Waals surface area (Å²) in [5, 5.41) is 4.19. The zero-order chi connectivity index (χ0) is 14.7. The van der Waals surface area contributed by atoms with Crippen LogP contribution in [0.15, 0.2) is 36.4 Å². The van der Waals surface area contributed by atoms with E-state index in [0.717, 1.165) is 16.3 Å². The monoisotopic (exact) mass is 289 g/mol. The van der Waals surface area contributed by atoms with Crippen LogP contribution in [0.1, 0.15) is 28.3 Å². The Balaban J connectivity index is 2.43. The molecule has 0 aliphatic heterocycles. The Morgan fingerprint density at radius 3 is 2.25 bits per heavy atom. The van der Waals surface area contributed by atoms with Crippen molar-refractivity contribution in [1.82, 2.24) is 5.32 Å². The average Bonchev–Trinajstić information content (AvgIpc) is 2.46. The first-order valence-electron chi connectivity index (χ1n) is 6.64. The Morgan fingerprint density at radius 2 is 1.70 bits per heavy atom. The van der Waals surface area contributed by atoms with E-state index < -0.39 is 0 Å². The van der Waals surface area contributed by atoms with E-state index in [9.17, 15) is 0 Å². The van der Waals surface area contributed by atoms with Gasteiger partial charge >= 0.3 is 0 Å². The van der Waals surface area contributed by atoms with Gasteiger partial charge in [-0.25, -0.2) is 0 Å². The Labute approximate surface area is 125 Å². The summed E-state index contributed by atoms with van der Waals surface area (Å²) in [5.74, 6) is 0.868. The highest BCUT2D eigenvalue weighted by Gasteiger charge is 2.15. The molecule has 1 unspecified atom stereocenters. The Morgan fingerprint density at radius 1 is 1.05 bits per heavy atom. The van der Waals surface area contributed by atoms with Crippen molar-refractivity contribution in [2.24, 2.45) is 0 Å². The maximum atomic E-state index is 6.18. The number of halogens is 1. The molecule has 2 aromatic rings. The fraction of sp³-hybridized carbons (Fsp3) is 0.294. The molecule has 0 saturated carbocycles. The smallest absolute Gasteiger partial charge is 0.118 e. The van der Waals surface area contributed by atoms with E-state index >= 15 is 0 Å². The molecule has 0 aliphatic carbocycles. The summed E-state index contributed by atoms with van der Waals surface area (Å²) in [6, 6.07) is 12.5. The molecule has 3 heteroatoms. The van der Waals surface area contributed by atoms with E-state index in [2.05, 4.69) is 30.4 Å². The lowest BCUT2D eigenvalue weighted by molar-refractivity contribution is 0.414. The summed E-state index contributed by atoms with van der Waals surface area (Å²) < 4.78 is 5.21. The van der Waals surface area contributed by atoms with Gasteiger partial charge in [-0.05, 0) is 61.3 Å². The molecule has 0 amide bonds. The summed E-state index contributed by atoms with van der Waals surface area (Å²) >= 11 is 6.18. The van der Waals surface area contributed by atoms with Crippen molar-refractivity contribution in [3.05, 3.63) is 63.7 Å². The molecule has 0 radical (unpaired) electrons. The second-order valence-corrected chi connectivity index (χ2v) is 5.36. The van der Waals surface area contributed by atoms with E-state index in [1.165, 1.54) is 16.7 Å². The molecule has 106 valence electrons. The predicted molar refractivity (Wildman–Crippen MR) is 84.8 cm³/mol. The minimum Gasteiger partial charge on any atom is -0.497 e. The minimum atomic E-state index is 0.150. The highest BCUT2D eigenvalue weighted by molar-refractivity contribution is 6.31. The van der Waals surface area contributed by atoms with Crippen LogP contribution >= 0.6 is 11.6 Å². The molecule has 2 rings (SSSR count). The Bertz CT molecular complexity index is 593. The maximum absolute atomic E-state index is 6.18. The summed E-state index contributed by atoms with van der Waals surface area (Å²) in [4.78, 5) is 0. The quantitative estimate of drug-likeness (QED) is 0.907.